The maximum atomic E-state index is 10.5. The summed E-state index contributed by atoms with van der Waals surface area (Å²) in [7, 11) is 0. The third-order valence-corrected chi connectivity index (χ3v) is 3.19. The van der Waals surface area contributed by atoms with Gasteiger partial charge in [-0.05, 0) is 25.0 Å². The molecule has 1 aliphatic rings. The molecule has 0 bridgehead atoms. The lowest BCUT2D eigenvalue weighted by atomic mass is 10.2. The molecule has 2 rings (SSSR count). The van der Waals surface area contributed by atoms with E-state index in [2.05, 4.69) is 29.3 Å². The lowest BCUT2D eigenvalue weighted by molar-refractivity contribution is -0.136. The number of benzene rings is 1. The summed E-state index contributed by atoms with van der Waals surface area (Å²) in [5.41, 5.74) is 2.53. The van der Waals surface area contributed by atoms with E-state index < -0.39 is 5.97 Å². The van der Waals surface area contributed by atoms with Crippen LogP contribution in [0.3, 0.4) is 0 Å². The Kier molecular flexibility index (Phi) is 3.64. The molecular weight excluding hydrogens is 216 g/mol. The molecule has 1 heterocycles. The minimum atomic E-state index is -0.792. The largest absolute Gasteiger partial charge is 0.480 e. The van der Waals surface area contributed by atoms with Crippen LogP contribution in [0.25, 0.3) is 0 Å². The Balaban J connectivity index is 1.94. The van der Waals surface area contributed by atoms with E-state index in [0.29, 0.717) is 0 Å². The molecule has 0 amide bonds. The second kappa shape index (κ2) is 5.19. The molecule has 0 spiro atoms. The quantitative estimate of drug-likeness (QED) is 0.823. The molecule has 1 saturated heterocycles. The highest BCUT2D eigenvalue weighted by Gasteiger charge is 2.23. The van der Waals surface area contributed by atoms with E-state index in [1.807, 2.05) is 12.1 Å². The Labute approximate surface area is 101 Å². The fourth-order valence-corrected chi connectivity index (χ4v) is 2.30. The summed E-state index contributed by atoms with van der Waals surface area (Å²) in [6, 6.07) is 8.59. The van der Waals surface area contributed by atoms with E-state index in [4.69, 9.17) is 5.11 Å². The maximum absolute atomic E-state index is 10.5. The van der Waals surface area contributed by atoms with Gasteiger partial charge in [-0.3, -0.25) is 4.79 Å². The zero-order chi connectivity index (χ0) is 12.3. The summed E-state index contributed by atoms with van der Waals surface area (Å²) in [4.78, 5) is 12.8. The first-order valence-corrected chi connectivity index (χ1v) is 5.92. The minimum absolute atomic E-state index is 0.0479. The Morgan fingerprint density at radius 2 is 2.29 bits per heavy atom. The molecule has 0 aliphatic carbocycles. The molecule has 1 aromatic rings. The van der Waals surface area contributed by atoms with Gasteiger partial charge in [0, 0.05) is 24.8 Å². The Morgan fingerprint density at radius 1 is 1.53 bits per heavy atom. The SMILES string of the molecule is Cc1ccccc1N1CCC(NCC(=O)O)C1. The molecule has 4 heteroatoms. The highest BCUT2D eigenvalue weighted by atomic mass is 16.4. The van der Waals surface area contributed by atoms with E-state index in [0.717, 1.165) is 19.5 Å². The van der Waals surface area contributed by atoms with Gasteiger partial charge in [-0.2, -0.15) is 0 Å². The van der Waals surface area contributed by atoms with Crippen LogP contribution in [0.15, 0.2) is 24.3 Å². The molecule has 1 aromatic carbocycles. The predicted molar refractivity (Wildman–Crippen MR) is 67.4 cm³/mol. The molecule has 1 fully saturated rings. The Bertz CT molecular complexity index is 406. The summed E-state index contributed by atoms with van der Waals surface area (Å²) < 4.78 is 0. The van der Waals surface area contributed by atoms with E-state index in [-0.39, 0.29) is 12.6 Å². The third kappa shape index (κ3) is 2.97. The average molecular weight is 234 g/mol. The number of anilines is 1. The standard InChI is InChI=1S/C13H18N2O2/c1-10-4-2-3-5-12(10)15-7-6-11(9-15)14-8-13(16)17/h2-5,11,14H,6-9H2,1H3,(H,16,17). The molecule has 17 heavy (non-hydrogen) atoms. The molecule has 4 nitrogen and oxygen atoms in total. The molecule has 92 valence electrons. The number of nitrogens with zero attached hydrogens (tertiary/aromatic N) is 1. The highest BCUT2D eigenvalue weighted by molar-refractivity contribution is 5.69. The van der Waals surface area contributed by atoms with Crippen LogP contribution in [0, 0.1) is 6.92 Å². The molecule has 0 saturated carbocycles. The first-order chi connectivity index (χ1) is 8.16. The van der Waals surface area contributed by atoms with Crippen LogP contribution in [0.1, 0.15) is 12.0 Å². The molecule has 0 aromatic heterocycles. The first kappa shape index (κ1) is 11.9. The number of para-hydroxylation sites is 1. The van der Waals surface area contributed by atoms with Crippen molar-refractivity contribution in [2.24, 2.45) is 0 Å². The van der Waals surface area contributed by atoms with Gasteiger partial charge in [0.15, 0.2) is 0 Å². The summed E-state index contributed by atoms with van der Waals surface area (Å²) in [5, 5.41) is 11.7. The molecule has 1 atom stereocenters. The number of hydrogen-bond donors (Lipinski definition) is 2. The van der Waals surface area contributed by atoms with Crippen LogP contribution in [-0.2, 0) is 4.79 Å². The number of carboxylic acids is 1. The number of aliphatic carboxylic acids is 1. The lowest BCUT2D eigenvalue weighted by Gasteiger charge is -2.20. The maximum Gasteiger partial charge on any atom is 0.317 e. The van der Waals surface area contributed by atoms with Gasteiger partial charge < -0.3 is 15.3 Å². The highest BCUT2D eigenvalue weighted by Crippen LogP contribution is 2.23. The van der Waals surface area contributed by atoms with Crippen LogP contribution in [-0.4, -0.2) is 36.8 Å². The lowest BCUT2D eigenvalue weighted by Crippen LogP contribution is -2.36. The second-order valence-corrected chi connectivity index (χ2v) is 4.49. The first-order valence-electron chi connectivity index (χ1n) is 5.92. The van der Waals surface area contributed by atoms with Crippen molar-refractivity contribution in [1.29, 1.82) is 0 Å². The smallest absolute Gasteiger partial charge is 0.317 e. The molecule has 2 N–H and O–H groups in total. The van der Waals surface area contributed by atoms with Crippen LogP contribution >= 0.6 is 0 Å². The van der Waals surface area contributed by atoms with Crippen LogP contribution in [0.4, 0.5) is 5.69 Å². The fourth-order valence-electron chi connectivity index (χ4n) is 2.30. The number of aryl methyl sites for hydroxylation is 1. The van der Waals surface area contributed by atoms with Crippen molar-refractivity contribution in [2.45, 2.75) is 19.4 Å². The van der Waals surface area contributed by atoms with Crippen molar-refractivity contribution in [3.05, 3.63) is 29.8 Å². The minimum Gasteiger partial charge on any atom is -0.480 e. The number of nitrogens with one attached hydrogen (secondary N) is 1. The van der Waals surface area contributed by atoms with Gasteiger partial charge in [0.05, 0.1) is 6.54 Å². The van der Waals surface area contributed by atoms with Crippen molar-refractivity contribution in [1.82, 2.24) is 5.32 Å². The average Bonchev–Trinajstić information content (AvgIpc) is 2.75. The van der Waals surface area contributed by atoms with E-state index in [1.165, 1.54) is 11.3 Å². The zero-order valence-electron chi connectivity index (χ0n) is 10.0. The second-order valence-electron chi connectivity index (χ2n) is 4.49. The van der Waals surface area contributed by atoms with Gasteiger partial charge in [0.25, 0.3) is 0 Å². The van der Waals surface area contributed by atoms with Crippen molar-refractivity contribution in [2.75, 3.05) is 24.5 Å². The molecule has 1 unspecified atom stereocenters. The summed E-state index contributed by atoms with van der Waals surface area (Å²) in [6.07, 6.45) is 1.00. The van der Waals surface area contributed by atoms with E-state index in [9.17, 15) is 4.79 Å². The summed E-state index contributed by atoms with van der Waals surface area (Å²) >= 11 is 0. The topological polar surface area (TPSA) is 52.6 Å². The van der Waals surface area contributed by atoms with E-state index in [1.54, 1.807) is 0 Å². The number of rotatable bonds is 4. The third-order valence-electron chi connectivity index (χ3n) is 3.19. The zero-order valence-corrected chi connectivity index (χ0v) is 10.0. The van der Waals surface area contributed by atoms with Gasteiger partial charge >= 0.3 is 5.97 Å². The van der Waals surface area contributed by atoms with Gasteiger partial charge in [0.1, 0.15) is 0 Å². The van der Waals surface area contributed by atoms with Gasteiger partial charge in [-0.1, -0.05) is 18.2 Å². The summed E-state index contributed by atoms with van der Waals surface area (Å²) in [6.45, 7) is 4.03. The Morgan fingerprint density at radius 3 is 3.00 bits per heavy atom. The number of carboxylic acid groups (broad SMARTS) is 1. The van der Waals surface area contributed by atoms with Crippen LogP contribution < -0.4 is 10.2 Å². The van der Waals surface area contributed by atoms with Crippen molar-refractivity contribution < 1.29 is 9.90 Å². The van der Waals surface area contributed by atoms with Crippen molar-refractivity contribution >= 4 is 11.7 Å². The molecule has 0 radical (unpaired) electrons. The van der Waals surface area contributed by atoms with E-state index >= 15 is 0 Å². The molecule has 1 aliphatic heterocycles. The van der Waals surface area contributed by atoms with Gasteiger partial charge in [0.2, 0.25) is 0 Å². The molecular formula is C13H18N2O2. The number of carbonyl (C=O) groups is 1. The predicted octanol–water partition coefficient (Wildman–Crippen LogP) is 1.25. The van der Waals surface area contributed by atoms with Gasteiger partial charge in [-0.15, -0.1) is 0 Å². The van der Waals surface area contributed by atoms with Gasteiger partial charge in [-0.25, -0.2) is 0 Å². The van der Waals surface area contributed by atoms with Crippen LogP contribution in [0.2, 0.25) is 0 Å². The summed E-state index contributed by atoms with van der Waals surface area (Å²) in [5.74, 6) is -0.792. The normalized spacial score (nSPS) is 19.6. The van der Waals surface area contributed by atoms with Crippen molar-refractivity contribution in [3.63, 3.8) is 0 Å². The van der Waals surface area contributed by atoms with Crippen LogP contribution in [0.5, 0.6) is 0 Å². The monoisotopic (exact) mass is 234 g/mol. The Hall–Kier alpha value is -1.55. The fraction of sp³-hybridized carbons (Fsp3) is 0.462. The van der Waals surface area contributed by atoms with Crippen molar-refractivity contribution in [3.8, 4) is 0 Å². The number of hydrogen-bond acceptors (Lipinski definition) is 3.